The third kappa shape index (κ3) is 3.17. The van der Waals surface area contributed by atoms with Gasteiger partial charge in [0.25, 0.3) is 5.56 Å². The SMILES string of the molecule is O=C(CCn1nnc2ccccc2c1=O)N1CCCC1C1CCCC1. The molecule has 1 aliphatic heterocycles. The second kappa shape index (κ2) is 6.94. The predicted molar refractivity (Wildman–Crippen MR) is 95.1 cm³/mol. The minimum absolute atomic E-state index is 0.149. The average molecular weight is 340 g/mol. The third-order valence-corrected chi connectivity index (χ3v) is 5.73. The molecule has 6 nitrogen and oxygen atoms in total. The smallest absolute Gasteiger partial charge is 0.277 e. The Morgan fingerprint density at radius 2 is 1.92 bits per heavy atom. The number of carbonyl (C=O) groups excluding carboxylic acids is 1. The van der Waals surface area contributed by atoms with Crippen molar-refractivity contribution in [2.45, 2.75) is 57.5 Å². The Labute approximate surface area is 146 Å². The van der Waals surface area contributed by atoms with Crippen LogP contribution in [0, 0.1) is 5.92 Å². The van der Waals surface area contributed by atoms with Crippen molar-refractivity contribution in [3.63, 3.8) is 0 Å². The van der Waals surface area contributed by atoms with Gasteiger partial charge in [0.2, 0.25) is 5.91 Å². The highest BCUT2D eigenvalue weighted by Gasteiger charge is 2.35. The molecule has 1 saturated carbocycles. The van der Waals surface area contributed by atoms with Crippen molar-refractivity contribution in [3.8, 4) is 0 Å². The van der Waals surface area contributed by atoms with Crippen LogP contribution in [0.5, 0.6) is 0 Å². The zero-order valence-corrected chi connectivity index (χ0v) is 14.4. The van der Waals surface area contributed by atoms with E-state index in [0.717, 1.165) is 19.4 Å². The largest absolute Gasteiger partial charge is 0.339 e. The van der Waals surface area contributed by atoms with Gasteiger partial charge in [-0.2, -0.15) is 0 Å². The van der Waals surface area contributed by atoms with Crippen molar-refractivity contribution in [2.24, 2.45) is 5.92 Å². The van der Waals surface area contributed by atoms with E-state index >= 15 is 0 Å². The van der Waals surface area contributed by atoms with Gasteiger partial charge in [-0.05, 0) is 43.7 Å². The number of carbonyl (C=O) groups is 1. The maximum Gasteiger partial charge on any atom is 0.277 e. The Kier molecular flexibility index (Phi) is 4.51. The Bertz CT molecular complexity index is 826. The molecule has 1 atom stereocenters. The van der Waals surface area contributed by atoms with Gasteiger partial charge in [0.05, 0.1) is 11.9 Å². The summed E-state index contributed by atoms with van der Waals surface area (Å²) >= 11 is 0. The molecule has 25 heavy (non-hydrogen) atoms. The van der Waals surface area contributed by atoms with E-state index < -0.39 is 0 Å². The fourth-order valence-electron chi connectivity index (χ4n) is 4.45. The van der Waals surface area contributed by atoms with Crippen molar-refractivity contribution in [1.82, 2.24) is 19.9 Å². The van der Waals surface area contributed by atoms with Crippen LogP contribution in [0.2, 0.25) is 0 Å². The number of likely N-dealkylation sites (tertiary alicyclic amines) is 1. The summed E-state index contributed by atoms with van der Waals surface area (Å²) in [7, 11) is 0. The molecular formula is C19H24N4O2. The van der Waals surface area contributed by atoms with Gasteiger partial charge in [0.15, 0.2) is 0 Å². The Balaban J connectivity index is 1.45. The van der Waals surface area contributed by atoms with Gasteiger partial charge in [-0.15, -0.1) is 5.10 Å². The Morgan fingerprint density at radius 3 is 2.76 bits per heavy atom. The molecule has 4 rings (SSSR count). The Hall–Kier alpha value is -2.24. The zero-order chi connectivity index (χ0) is 17.2. The van der Waals surface area contributed by atoms with Crippen molar-refractivity contribution in [2.75, 3.05) is 6.54 Å². The van der Waals surface area contributed by atoms with E-state index in [9.17, 15) is 9.59 Å². The first kappa shape index (κ1) is 16.2. The highest BCUT2D eigenvalue weighted by molar-refractivity contribution is 5.77. The van der Waals surface area contributed by atoms with Crippen LogP contribution in [0.4, 0.5) is 0 Å². The minimum Gasteiger partial charge on any atom is -0.339 e. The summed E-state index contributed by atoms with van der Waals surface area (Å²) in [6.07, 6.45) is 7.65. The lowest BCUT2D eigenvalue weighted by atomic mass is 9.96. The van der Waals surface area contributed by atoms with Crippen LogP contribution in [0.3, 0.4) is 0 Å². The molecule has 2 aliphatic rings. The van der Waals surface area contributed by atoms with Gasteiger partial charge in [-0.1, -0.05) is 30.2 Å². The summed E-state index contributed by atoms with van der Waals surface area (Å²) in [5.41, 5.74) is 0.420. The monoisotopic (exact) mass is 340 g/mol. The summed E-state index contributed by atoms with van der Waals surface area (Å²) in [5, 5.41) is 8.62. The van der Waals surface area contributed by atoms with Crippen LogP contribution in [-0.2, 0) is 11.3 Å². The number of rotatable bonds is 4. The van der Waals surface area contributed by atoms with E-state index in [1.54, 1.807) is 12.1 Å². The van der Waals surface area contributed by atoms with Crippen LogP contribution in [0.1, 0.15) is 44.9 Å². The number of aryl methyl sites for hydroxylation is 1. The molecule has 0 N–H and O–H groups in total. The maximum atomic E-state index is 12.7. The molecule has 6 heteroatoms. The van der Waals surface area contributed by atoms with Crippen molar-refractivity contribution >= 4 is 16.8 Å². The summed E-state index contributed by atoms with van der Waals surface area (Å²) in [5.74, 6) is 0.825. The number of aromatic nitrogens is 3. The third-order valence-electron chi connectivity index (χ3n) is 5.73. The van der Waals surface area contributed by atoms with E-state index in [-0.39, 0.29) is 11.5 Å². The lowest BCUT2D eigenvalue weighted by Crippen LogP contribution is -2.40. The molecule has 1 aliphatic carbocycles. The molecule has 1 unspecified atom stereocenters. The number of hydrogen-bond acceptors (Lipinski definition) is 4. The standard InChI is InChI=1S/C19H24N4O2/c24-18(22-12-5-10-17(22)14-6-1-2-7-14)11-13-23-19(25)15-8-3-4-9-16(15)20-21-23/h3-4,8-9,14,17H,1-2,5-7,10-13H2. The number of fused-ring (bicyclic) bond motifs is 1. The topological polar surface area (TPSA) is 68.1 Å². The molecule has 0 radical (unpaired) electrons. The predicted octanol–water partition coefficient (Wildman–Crippen LogP) is 2.36. The summed E-state index contributed by atoms with van der Waals surface area (Å²) in [6.45, 7) is 1.15. The number of benzene rings is 1. The second-order valence-corrected chi connectivity index (χ2v) is 7.23. The molecule has 0 bridgehead atoms. The summed E-state index contributed by atoms with van der Waals surface area (Å²) < 4.78 is 1.32. The number of amides is 1. The van der Waals surface area contributed by atoms with E-state index in [1.807, 2.05) is 12.1 Å². The van der Waals surface area contributed by atoms with E-state index in [0.29, 0.717) is 35.8 Å². The van der Waals surface area contributed by atoms with Crippen molar-refractivity contribution in [3.05, 3.63) is 34.6 Å². The molecule has 1 amide bonds. The lowest BCUT2D eigenvalue weighted by Gasteiger charge is -2.29. The fourth-order valence-corrected chi connectivity index (χ4v) is 4.45. The number of hydrogen-bond donors (Lipinski definition) is 0. The normalized spacial score (nSPS) is 21.3. The molecule has 0 spiro atoms. The molecule has 2 aromatic rings. The molecule has 1 saturated heterocycles. The molecular weight excluding hydrogens is 316 g/mol. The van der Waals surface area contributed by atoms with Gasteiger partial charge < -0.3 is 4.90 Å². The molecule has 2 fully saturated rings. The minimum atomic E-state index is -0.174. The van der Waals surface area contributed by atoms with Gasteiger partial charge in [-0.3, -0.25) is 9.59 Å². The van der Waals surface area contributed by atoms with Crippen LogP contribution in [-0.4, -0.2) is 38.4 Å². The molecule has 132 valence electrons. The van der Waals surface area contributed by atoms with Gasteiger partial charge >= 0.3 is 0 Å². The second-order valence-electron chi connectivity index (χ2n) is 7.23. The number of nitrogens with zero attached hydrogens (tertiary/aromatic N) is 4. The van der Waals surface area contributed by atoms with Gasteiger partial charge in [-0.25, -0.2) is 4.68 Å². The first-order valence-corrected chi connectivity index (χ1v) is 9.36. The molecule has 1 aromatic carbocycles. The Morgan fingerprint density at radius 1 is 1.12 bits per heavy atom. The molecule has 1 aromatic heterocycles. The highest BCUT2D eigenvalue weighted by atomic mass is 16.2. The van der Waals surface area contributed by atoms with Gasteiger partial charge in [0.1, 0.15) is 5.52 Å². The van der Waals surface area contributed by atoms with Gasteiger partial charge in [0, 0.05) is 19.0 Å². The summed E-state index contributed by atoms with van der Waals surface area (Å²) in [4.78, 5) is 27.3. The molecule has 2 heterocycles. The first-order chi connectivity index (χ1) is 12.2. The van der Waals surface area contributed by atoms with Crippen LogP contribution < -0.4 is 5.56 Å². The van der Waals surface area contributed by atoms with Crippen molar-refractivity contribution < 1.29 is 4.79 Å². The van der Waals surface area contributed by atoms with E-state index in [2.05, 4.69) is 15.2 Å². The first-order valence-electron chi connectivity index (χ1n) is 9.36. The highest BCUT2D eigenvalue weighted by Crippen LogP contribution is 2.35. The van der Waals surface area contributed by atoms with Crippen LogP contribution in [0.25, 0.3) is 10.9 Å². The van der Waals surface area contributed by atoms with Crippen LogP contribution in [0.15, 0.2) is 29.1 Å². The lowest BCUT2D eigenvalue weighted by molar-refractivity contribution is -0.133. The average Bonchev–Trinajstić information content (AvgIpc) is 3.32. The van der Waals surface area contributed by atoms with E-state index in [4.69, 9.17) is 0 Å². The summed E-state index contributed by atoms with van der Waals surface area (Å²) in [6, 6.07) is 7.59. The quantitative estimate of drug-likeness (QED) is 0.857. The van der Waals surface area contributed by atoms with Crippen LogP contribution >= 0.6 is 0 Å². The van der Waals surface area contributed by atoms with E-state index in [1.165, 1.54) is 30.4 Å². The zero-order valence-electron chi connectivity index (χ0n) is 14.4. The van der Waals surface area contributed by atoms with Crippen molar-refractivity contribution in [1.29, 1.82) is 0 Å². The fraction of sp³-hybridized carbons (Fsp3) is 0.579. The maximum absolute atomic E-state index is 12.7.